The first kappa shape index (κ1) is 22.2. The summed E-state index contributed by atoms with van der Waals surface area (Å²) in [7, 11) is 1.68. The number of rotatable bonds is 9. The Balaban J connectivity index is 1.62. The van der Waals surface area contributed by atoms with Crippen molar-refractivity contribution < 1.29 is 4.74 Å². The number of ether oxygens (including phenoxy) is 1. The molecule has 7 nitrogen and oxygen atoms in total. The number of methoxy groups -OCH3 is 1. The normalized spacial score (nSPS) is 13.9. The lowest BCUT2D eigenvalue weighted by molar-refractivity contribution is 0.415. The summed E-state index contributed by atoms with van der Waals surface area (Å²) in [4.78, 5) is 9.44. The van der Waals surface area contributed by atoms with Crippen LogP contribution in [-0.4, -0.2) is 39.3 Å². The monoisotopic (exact) mass is 456 g/mol. The number of hydrogen-bond donors (Lipinski definition) is 2. The Morgan fingerprint density at radius 1 is 1.06 bits per heavy atom. The van der Waals surface area contributed by atoms with Crippen LogP contribution in [0.15, 0.2) is 54.7 Å². The third-order valence-electron chi connectivity index (χ3n) is 6.46. The van der Waals surface area contributed by atoms with Gasteiger partial charge in [-0.1, -0.05) is 32.3 Å². The standard InChI is InChI=1S/C27H32N6O/c1-3-4-17-28-24-11-7-10-23-25(22-16-18-29-27(31-22)30-20-8-5-6-9-20)26(32-33(23)24)19-12-14-21(34-2)15-13-19/h7,10-16,18,20,28H,3-6,8-9,17H2,1-2H3,(H,29,30,31). The molecule has 1 aliphatic carbocycles. The molecule has 5 rings (SSSR count). The molecule has 0 unspecified atom stereocenters. The zero-order valence-corrected chi connectivity index (χ0v) is 19.9. The summed E-state index contributed by atoms with van der Waals surface area (Å²) in [5, 5.41) is 12.1. The Labute approximate surface area is 200 Å². The Kier molecular flexibility index (Phi) is 6.60. The Morgan fingerprint density at radius 2 is 1.88 bits per heavy atom. The molecule has 7 heteroatoms. The highest BCUT2D eigenvalue weighted by Gasteiger charge is 2.21. The van der Waals surface area contributed by atoms with Gasteiger partial charge in [-0.05, 0) is 61.7 Å². The van der Waals surface area contributed by atoms with Crippen LogP contribution in [0.5, 0.6) is 5.75 Å². The second-order valence-corrected chi connectivity index (χ2v) is 8.83. The van der Waals surface area contributed by atoms with Crippen molar-refractivity contribution in [1.82, 2.24) is 19.6 Å². The molecule has 0 aliphatic heterocycles. The topological polar surface area (TPSA) is 76.4 Å². The fourth-order valence-corrected chi connectivity index (χ4v) is 4.62. The van der Waals surface area contributed by atoms with E-state index in [1.54, 1.807) is 7.11 Å². The Morgan fingerprint density at radius 3 is 2.65 bits per heavy atom. The maximum atomic E-state index is 5.37. The lowest BCUT2D eigenvalue weighted by Crippen LogP contribution is -2.16. The minimum atomic E-state index is 0.453. The van der Waals surface area contributed by atoms with E-state index in [0.29, 0.717) is 12.0 Å². The van der Waals surface area contributed by atoms with Crippen molar-refractivity contribution in [3.63, 3.8) is 0 Å². The SMILES string of the molecule is CCCCNc1cccc2c(-c3ccnc(NC4CCCC4)n3)c(-c3ccc(OC)cc3)nn12. The summed E-state index contributed by atoms with van der Waals surface area (Å²) in [5.41, 5.74) is 4.78. The zero-order chi connectivity index (χ0) is 23.3. The number of nitrogens with one attached hydrogen (secondary N) is 2. The van der Waals surface area contributed by atoms with Gasteiger partial charge in [-0.15, -0.1) is 0 Å². The molecular weight excluding hydrogens is 424 g/mol. The Bertz CT molecular complexity index is 1240. The molecule has 1 saturated carbocycles. The van der Waals surface area contributed by atoms with E-state index in [1.807, 2.05) is 41.0 Å². The highest BCUT2D eigenvalue weighted by Crippen LogP contribution is 2.36. The largest absolute Gasteiger partial charge is 0.497 e. The van der Waals surface area contributed by atoms with Crippen molar-refractivity contribution in [3.8, 4) is 28.3 Å². The highest BCUT2D eigenvalue weighted by atomic mass is 16.5. The lowest BCUT2D eigenvalue weighted by atomic mass is 10.0. The molecule has 0 bridgehead atoms. The minimum absolute atomic E-state index is 0.453. The summed E-state index contributed by atoms with van der Waals surface area (Å²) >= 11 is 0. The Hall–Kier alpha value is -3.61. The smallest absolute Gasteiger partial charge is 0.223 e. The first-order valence-electron chi connectivity index (χ1n) is 12.3. The molecule has 1 aliphatic rings. The molecule has 2 N–H and O–H groups in total. The molecule has 1 aromatic carbocycles. The molecule has 0 spiro atoms. The zero-order valence-electron chi connectivity index (χ0n) is 19.9. The minimum Gasteiger partial charge on any atom is -0.497 e. The van der Waals surface area contributed by atoms with Crippen molar-refractivity contribution in [2.75, 3.05) is 24.3 Å². The van der Waals surface area contributed by atoms with E-state index in [0.717, 1.165) is 59.0 Å². The number of pyridine rings is 1. The molecule has 1 fully saturated rings. The third kappa shape index (κ3) is 4.55. The summed E-state index contributed by atoms with van der Waals surface area (Å²) < 4.78 is 7.36. The van der Waals surface area contributed by atoms with E-state index < -0.39 is 0 Å². The molecule has 3 heterocycles. The highest BCUT2D eigenvalue weighted by molar-refractivity contribution is 5.91. The number of aromatic nitrogens is 4. The summed E-state index contributed by atoms with van der Waals surface area (Å²) in [6.45, 7) is 3.11. The van der Waals surface area contributed by atoms with Crippen molar-refractivity contribution in [2.45, 2.75) is 51.5 Å². The van der Waals surface area contributed by atoms with Crippen LogP contribution in [0, 0.1) is 0 Å². The van der Waals surface area contributed by atoms with Gasteiger partial charge in [0.2, 0.25) is 5.95 Å². The summed E-state index contributed by atoms with van der Waals surface area (Å²) in [5.74, 6) is 2.48. The second kappa shape index (κ2) is 10.1. The maximum absolute atomic E-state index is 5.37. The molecule has 0 atom stereocenters. The predicted molar refractivity (Wildman–Crippen MR) is 137 cm³/mol. The average Bonchev–Trinajstić information content (AvgIpc) is 3.53. The van der Waals surface area contributed by atoms with Gasteiger partial charge in [-0.3, -0.25) is 0 Å². The van der Waals surface area contributed by atoms with Gasteiger partial charge >= 0.3 is 0 Å². The number of anilines is 2. The van der Waals surface area contributed by atoms with Crippen LogP contribution in [0.25, 0.3) is 28.0 Å². The number of hydrogen-bond acceptors (Lipinski definition) is 6. The van der Waals surface area contributed by atoms with Crippen LogP contribution in [0.4, 0.5) is 11.8 Å². The van der Waals surface area contributed by atoms with Gasteiger partial charge < -0.3 is 15.4 Å². The molecule has 0 saturated heterocycles. The van der Waals surface area contributed by atoms with Gasteiger partial charge in [0, 0.05) is 24.3 Å². The number of nitrogens with zero attached hydrogens (tertiary/aromatic N) is 4. The van der Waals surface area contributed by atoms with E-state index in [9.17, 15) is 0 Å². The molecule has 0 amide bonds. The van der Waals surface area contributed by atoms with Crippen molar-refractivity contribution in [3.05, 3.63) is 54.7 Å². The molecule has 3 aromatic heterocycles. The van der Waals surface area contributed by atoms with Gasteiger partial charge in [0.15, 0.2) is 0 Å². The van der Waals surface area contributed by atoms with Crippen molar-refractivity contribution in [2.24, 2.45) is 0 Å². The fourth-order valence-electron chi connectivity index (χ4n) is 4.62. The predicted octanol–water partition coefficient (Wildman–Crippen LogP) is 6.03. The first-order valence-corrected chi connectivity index (χ1v) is 12.3. The molecule has 0 radical (unpaired) electrons. The van der Waals surface area contributed by atoms with Gasteiger partial charge in [0.05, 0.1) is 23.9 Å². The van der Waals surface area contributed by atoms with E-state index in [1.165, 1.54) is 25.7 Å². The average molecular weight is 457 g/mol. The van der Waals surface area contributed by atoms with Crippen LogP contribution >= 0.6 is 0 Å². The maximum Gasteiger partial charge on any atom is 0.223 e. The van der Waals surface area contributed by atoms with E-state index in [4.69, 9.17) is 14.8 Å². The third-order valence-corrected chi connectivity index (χ3v) is 6.46. The summed E-state index contributed by atoms with van der Waals surface area (Å²) in [6.07, 6.45) is 8.97. The quantitative estimate of drug-likeness (QED) is 0.299. The van der Waals surface area contributed by atoms with Gasteiger partial charge in [-0.2, -0.15) is 5.10 Å². The van der Waals surface area contributed by atoms with E-state index in [2.05, 4.69) is 40.7 Å². The van der Waals surface area contributed by atoms with Crippen molar-refractivity contribution >= 4 is 17.3 Å². The first-order chi connectivity index (χ1) is 16.8. The van der Waals surface area contributed by atoms with Crippen molar-refractivity contribution in [1.29, 1.82) is 0 Å². The van der Waals surface area contributed by atoms with Crippen LogP contribution in [0.3, 0.4) is 0 Å². The molecule has 176 valence electrons. The fraction of sp³-hybridized carbons (Fsp3) is 0.370. The number of benzene rings is 1. The van der Waals surface area contributed by atoms with Gasteiger partial charge in [0.25, 0.3) is 0 Å². The van der Waals surface area contributed by atoms with Crippen LogP contribution in [-0.2, 0) is 0 Å². The molecule has 4 aromatic rings. The van der Waals surface area contributed by atoms with Crippen LogP contribution in [0.1, 0.15) is 45.4 Å². The molecule has 34 heavy (non-hydrogen) atoms. The van der Waals surface area contributed by atoms with Gasteiger partial charge in [0.1, 0.15) is 17.3 Å². The van der Waals surface area contributed by atoms with Crippen LogP contribution in [0.2, 0.25) is 0 Å². The lowest BCUT2D eigenvalue weighted by Gasteiger charge is -2.12. The summed E-state index contributed by atoms with van der Waals surface area (Å²) in [6, 6.07) is 16.7. The van der Waals surface area contributed by atoms with E-state index in [-0.39, 0.29) is 0 Å². The van der Waals surface area contributed by atoms with E-state index >= 15 is 0 Å². The van der Waals surface area contributed by atoms with Gasteiger partial charge in [-0.25, -0.2) is 14.5 Å². The number of unbranched alkanes of at least 4 members (excludes halogenated alkanes) is 1. The van der Waals surface area contributed by atoms with Crippen LogP contribution < -0.4 is 15.4 Å². The molecular formula is C27H32N6O. The number of fused-ring (bicyclic) bond motifs is 1. The second-order valence-electron chi connectivity index (χ2n) is 8.83.